The Kier molecular flexibility index (Phi) is 3.99. The number of Topliss-reactive ketones (excluding diaryl/α,β-unsaturated/α-hetero) is 1. The van der Waals surface area contributed by atoms with Crippen molar-refractivity contribution >= 4 is 40.2 Å². The van der Waals surface area contributed by atoms with E-state index < -0.39 is 0 Å². The molecule has 0 aliphatic carbocycles. The standard InChI is InChI=1S/C16H12ClNO2S/c1-10(15(19)11-6-8-12(17)9-7-11)21-16-18-13-4-2-3-5-14(13)20-16/h2-10H,1H3/t10-/m1/s1. The molecule has 0 spiro atoms. The van der Waals surface area contributed by atoms with E-state index in [1.807, 2.05) is 31.2 Å². The van der Waals surface area contributed by atoms with Gasteiger partial charge in [0, 0.05) is 10.6 Å². The van der Waals surface area contributed by atoms with Crippen molar-refractivity contribution in [1.82, 2.24) is 4.98 Å². The van der Waals surface area contributed by atoms with Crippen molar-refractivity contribution in [2.75, 3.05) is 0 Å². The van der Waals surface area contributed by atoms with Crippen LogP contribution in [0.2, 0.25) is 5.02 Å². The van der Waals surface area contributed by atoms with E-state index in [1.54, 1.807) is 24.3 Å². The monoisotopic (exact) mass is 317 g/mol. The minimum Gasteiger partial charge on any atom is -0.431 e. The molecule has 0 aliphatic rings. The van der Waals surface area contributed by atoms with Crippen LogP contribution in [-0.4, -0.2) is 16.0 Å². The van der Waals surface area contributed by atoms with E-state index in [0.717, 1.165) is 11.1 Å². The number of aromatic nitrogens is 1. The van der Waals surface area contributed by atoms with E-state index in [0.29, 0.717) is 15.8 Å². The van der Waals surface area contributed by atoms with E-state index in [1.165, 1.54) is 11.8 Å². The molecular formula is C16H12ClNO2S. The summed E-state index contributed by atoms with van der Waals surface area (Å²) in [5, 5.41) is 0.844. The summed E-state index contributed by atoms with van der Waals surface area (Å²) in [7, 11) is 0. The zero-order chi connectivity index (χ0) is 14.8. The van der Waals surface area contributed by atoms with E-state index in [-0.39, 0.29) is 11.0 Å². The molecule has 0 unspecified atom stereocenters. The lowest BCUT2D eigenvalue weighted by Gasteiger charge is -2.07. The lowest BCUT2D eigenvalue weighted by atomic mass is 10.1. The molecule has 5 heteroatoms. The van der Waals surface area contributed by atoms with Crippen molar-refractivity contribution < 1.29 is 9.21 Å². The Morgan fingerprint density at radius 3 is 2.62 bits per heavy atom. The van der Waals surface area contributed by atoms with Gasteiger partial charge in [0.05, 0.1) is 5.25 Å². The van der Waals surface area contributed by atoms with Crippen molar-refractivity contribution in [2.45, 2.75) is 17.4 Å². The van der Waals surface area contributed by atoms with Crippen molar-refractivity contribution in [1.29, 1.82) is 0 Å². The number of nitrogens with zero attached hydrogens (tertiary/aromatic N) is 1. The van der Waals surface area contributed by atoms with Crippen LogP contribution in [0.1, 0.15) is 17.3 Å². The van der Waals surface area contributed by atoms with Gasteiger partial charge < -0.3 is 4.42 Å². The number of thioether (sulfide) groups is 1. The number of fused-ring (bicyclic) bond motifs is 1. The van der Waals surface area contributed by atoms with Gasteiger partial charge in [0.15, 0.2) is 11.4 Å². The van der Waals surface area contributed by atoms with Crippen LogP contribution in [0.3, 0.4) is 0 Å². The smallest absolute Gasteiger partial charge is 0.257 e. The average Bonchev–Trinajstić information content (AvgIpc) is 2.89. The maximum atomic E-state index is 12.3. The van der Waals surface area contributed by atoms with Gasteiger partial charge in [-0.1, -0.05) is 35.5 Å². The summed E-state index contributed by atoms with van der Waals surface area (Å²) in [5.41, 5.74) is 2.16. The SMILES string of the molecule is C[C@@H](Sc1nc2ccccc2o1)C(=O)c1ccc(Cl)cc1. The molecule has 0 saturated heterocycles. The second kappa shape index (κ2) is 5.92. The summed E-state index contributed by atoms with van der Waals surface area (Å²) in [6.45, 7) is 1.84. The van der Waals surface area contributed by atoms with Crippen molar-refractivity contribution in [3.8, 4) is 0 Å². The Bertz CT molecular complexity index is 749. The Hall–Kier alpha value is -1.78. The third-order valence-corrected chi connectivity index (χ3v) is 4.25. The predicted octanol–water partition coefficient (Wildman–Crippen LogP) is 4.84. The lowest BCUT2D eigenvalue weighted by molar-refractivity contribution is 0.0993. The largest absolute Gasteiger partial charge is 0.431 e. The fourth-order valence-electron chi connectivity index (χ4n) is 1.96. The van der Waals surface area contributed by atoms with E-state index in [9.17, 15) is 4.79 Å². The van der Waals surface area contributed by atoms with Crippen molar-refractivity contribution in [2.24, 2.45) is 0 Å². The molecule has 0 aliphatic heterocycles. The number of carbonyl (C=O) groups excluding carboxylic acids is 1. The third kappa shape index (κ3) is 3.12. The zero-order valence-corrected chi connectivity index (χ0v) is 12.8. The molecule has 1 atom stereocenters. The van der Waals surface area contributed by atoms with Gasteiger partial charge in [0.2, 0.25) is 0 Å². The average molecular weight is 318 g/mol. The zero-order valence-electron chi connectivity index (χ0n) is 11.2. The number of oxazole rings is 1. The maximum Gasteiger partial charge on any atom is 0.257 e. The summed E-state index contributed by atoms with van der Waals surface area (Å²) >= 11 is 7.15. The summed E-state index contributed by atoms with van der Waals surface area (Å²) < 4.78 is 5.62. The number of benzene rings is 2. The van der Waals surface area contributed by atoms with Crippen molar-refractivity contribution in [3.63, 3.8) is 0 Å². The quantitative estimate of drug-likeness (QED) is 0.510. The van der Waals surface area contributed by atoms with E-state index >= 15 is 0 Å². The molecule has 106 valence electrons. The number of halogens is 1. The van der Waals surface area contributed by atoms with Gasteiger partial charge in [0.25, 0.3) is 5.22 Å². The van der Waals surface area contributed by atoms with E-state index in [4.69, 9.17) is 16.0 Å². The molecule has 0 radical (unpaired) electrons. The summed E-state index contributed by atoms with van der Waals surface area (Å²) in [5.74, 6) is 0.0268. The molecule has 0 saturated carbocycles. The van der Waals surface area contributed by atoms with Crippen LogP contribution in [0.4, 0.5) is 0 Å². The van der Waals surface area contributed by atoms with Gasteiger partial charge in [-0.25, -0.2) is 4.98 Å². The lowest BCUT2D eigenvalue weighted by Crippen LogP contribution is -2.13. The summed E-state index contributed by atoms with van der Waals surface area (Å²) in [6.07, 6.45) is 0. The Labute approximate surface area is 131 Å². The van der Waals surface area contributed by atoms with E-state index in [2.05, 4.69) is 4.98 Å². The minimum atomic E-state index is -0.278. The number of carbonyl (C=O) groups is 1. The van der Waals surface area contributed by atoms with Crippen LogP contribution in [0.25, 0.3) is 11.1 Å². The predicted molar refractivity (Wildman–Crippen MR) is 85.1 cm³/mol. The molecule has 0 amide bonds. The highest BCUT2D eigenvalue weighted by Crippen LogP contribution is 2.28. The molecule has 3 rings (SSSR count). The normalized spacial score (nSPS) is 12.5. The highest BCUT2D eigenvalue weighted by molar-refractivity contribution is 8.00. The Morgan fingerprint density at radius 2 is 1.90 bits per heavy atom. The van der Waals surface area contributed by atoms with Crippen LogP contribution >= 0.6 is 23.4 Å². The highest BCUT2D eigenvalue weighted by atomic mass is 35.5. The fraction of sp³-hybridized carbons (Fsp3) is 0.125. The molecule has 0 N–H and O–H groups in total. The molecule has 21 heavy (non-hydrogen) atoms. The molecule has 0 bridgehead atoms. The first kappa shape index (κ1) is 14.2. The second-order valence-corrected chi connectivity index (χ2v) is 6.31. The molecule has 1 aromatic heterocycles. The second-order valence-electron chi connectivity index (χ2n) is 4.58. The van der Waals surface area contributed by atoms with Crippen LogP contribution in [-0.2, 0) is 0 Å². The van der Waals surface area contributed by atoms with Crippen LogP contribution in [0, 0.1) is 0 Å². The fourth-order valence-corrected chi connectivity index (χ4v) is 2.92. The third-order valence-electron chi connectivity index (χ3n) is 3.05. The molecule has 3 nitrogen and oxygen atoms in total. The van der Waals surface area contributed by atoms with Gasteiger partial charge in [0.1, 0.15) is 5.52 Å². The van der Waals surface area contributed by atoms with Gasteiger partial charge in [-0.2, -0.15) is 0 Å². The van der Waals surface area contributed by atoms with Crippen LogP contribution in [0.5, 0.6) is 0 Å². The van der Waals surface area contributed by atoms with Crippen LogP contribution < -0.4 is 0 Å². The number of ketones is 1. The highest BCUT2D eigenvalue weighted by Gasteiger charge is 2.19. The Balaban J connectivity index is 1.77. The van der Waals surface area contributed by atoms with Gasteiger partial charge in [-0.15, -0.1) is 0 Å². The van der Waals surface area contributed by atoms with Gasteiger partial charge >= 0.3 is 0 Å². The maximum absolute atomic E-state index is 12.3. The van der Waals surface area contributed by atoms with Gasteiger partial charge in [-0.05, 0) is 43.3 Å². The molecule has 3 aromatic rings. The number of rotatable bonds is 4. The topological polar surface area (TPSA) is 43.1 Å². The first-order valence-electron chi connectivity index (χ1n) is 6.45. The molecule has 1 heterocycles. The summed E-state index contributed by atoms with van der Waals surface area (Å²) in [6, 6.07) is 14.4. The Morgan fingerprint density at radius 1 is 1.19 bits per heavy atom. The first-order chi connectivity index (χ1) is 10.1. The van der Waals surface area contributed by atoms with Crippen LogP contribution in [0.15, 0.2) is 58.2 Å². The number of para-hydroxylation sites is 2. The van der Waals surface area contributed by atoms with Crippen molar-refractivity contribution in [3.05, 3.63) is 59.1 Å². The number of hydrogen-bond donors (Lipinski definition) is 0. The molecular weight excluding hydrogens is 306 g/mol. The first-order valence-corrected chi connectivity index (χ1v) is 7.71. The molecule has 2 aromatic carbocycles. The summed E-state index contributed by atoms with van der Waals surface area (Å²) in [4.78, 5) is 16.7. The van der Waals surface area contributed by atoms with Gasteiger partial charge in [-0.3, -0.25) is 4.79 Å². The molecule has 0 fully saturated rings. The minimum absolute atomic E-state index is 0.0268. The number of hydrogen-bond acceptors (Lipinski definition) is 4.